The fraction of sp³-hybridized carbons (Fsp3) is 0.375. The molecule has 0 bridgehead atoms. The van der Waals surface area contributed by atoms with Crippen LogP contribution in [0.25, 0.3) is 0 Å². The first-order valence-corrected chi connectivity index (χ1v) is 9.74. The number of halogens is 1. The van der Waals surface area contributed by atoms with E-state index in [2.05, 4.69) is 15.6 Å². The molecular formula is C16H18ClN3OS2. The van der Waals surface area contributed by atoms with Gasteiger partial charge in [0, 0.05) is 16.0 Å². The van der Waals surface area contributed by atoms with Crippen molar-refractivity contribution in [1.82, 2.24) is 10.3 Å². The Labute approximate surface area is 149 Å². The van der Waals surface area contributed by atoms with Crippen LogP contribution in [-0.2, 0) is 4.79 Å². The number of thioether (sulfide) groups is 1. The number of aromatic nitrogens is 1. The van der Waals surface area contributed by atoms with Gasteiger partial charge in [-0.1, -0.05) is 23.7 Å². The zero-order chi connectivity index (χ0) is 16.1. The van der Waals surface area contributed by atoms with Crippen molar-refractivity contribution < 1.29 is 4.79 Å². The van der Waals surface area contributed by atoms with Crippen LogP contribution in [0.1, 0.15) is 23.6 Å². The van der Waals surface area contributed by atoms with Crippen molar-refractivity contribution >= 4 is 45.7 Å². The van der Waals surface area contributed by atoms with Gasteiger partial charge in [-0.15, -0.1) is 23.1 Å². The molecule has 4 nitrogen and oxygen atoms in total. The highest BCUT2D eigenvalue weighted by Gasteiger charge is 2.18. The number of benzene rings is 1. The maximum absolute atomic E-state index is 12.1. The first-order valence-electron chi connectivity index (χ1n) is 7.56. The van der Waals surface area contributed by atoms with Crippen molar-refractivity contribution in [3.63, 3.8) is 0 Å². The van der Waals surface area contributed by atoms with Crippen LogP contribution in [0, 0.1) is 0 Å². The number of rotatable bonds is 5. The molecule has 0 aliphatic carbocycles. The van der Waals surface area contributed by atoms with E-state index >= 15 is 0 Å². The average molecular weight is 368 g/mol. The highest BCUT2D eigenvalue weighted by molar-refractivity contribution is 8.00. The summed E-state index contributed by atoms with van der Waals surface area (Å²) in [6.07, 6.45) is 4.17. The first kappa shape index (κ1) is 16.8. The molecule has 0 atom stereocenters. The summed E-state index contributed by atoms with van der Waals surface area (Å²) in [7, 11) is 0. The molecule has 1 aromatic carbocycles. The molecule has 2 N–H and O–H groups in total. The number of hydrogen-bond donors (Lipinski definition) is 2. The van der Waals surface area contributed by atoms with Gasteiger partial charge < -0.3 is 10.6 Å². The van der Waals surface area contributed by atoms with Gasteiger partial charge in [-0.05, 0) is 44.0 Å². The number of nitrogens with zero attached hydrogens (tertiary/aromatic N) is 1. The molecule has 7 heteroatoms. The van der Waals surface area contributed by atoms with Gasteiger partial charge in [0.25, 0.3) is 0 Å². The van der Waals surface area contributed by atoms with Crippen LogP contribution < -0.4 is 10.6 Å². The Morgan fingerprint density at radius 1 is 1.39 bits per heavy atom. The van der Waals surface area contributed by atoms with E-state index in [1.165, 1.54) is 16.6 Å². The van der Waals surface area contributed by atoms with E-state index in [9.17, 15) is 4.79 Å². The zero-order valence-electron chi connectivity index (χ0n) is 12.5. The minimum atomic E-state index is -0.0545. The number of nitrogens with one attached hydrogen (secondary N) is 2. The maximum atomic E-state index is 12.1. The van der Waals surface area contributed by atoms with Crippen LogP contribution in [0.2, 0.25) is 5.02 Å². The monoisotopic (exact) mass is 367 g/mol. The number of thiazole rings is 1. The summed E-state index contributed by atoms with van der Waals surface area (Å²) in [6.45, 7) is 2.11. The minimum absolute atomic E-state index is 0.0545. The summed E-state index contributed by atoms with van der Waals surface area (Å²) in [4.78, 5) is 18.6. The Hall–Kier alpha value is -1.08. The molecular weight excluding hydrogens is 350 g/mol. The summed E-state index contributed by atoms with van der Waals surface area (Å²) in [5.74, 6) is 0.837. The Morgan fingerprint density at radius 2 is 2.17 bits per heavy atom. The summed E-state index contributed by atoms with van der Waals surface area (Å²) >= 11 is 9.11. The molecule has 1 aliphatic rings. The Bertz CT molecular complexity index is 671. The topological polar surface area (TPSA) is 54.0 Å². The van der Waals surface area contributed by atoms with E-state index in [0.717, 1.165) is 30.8 Å². The third kappa shape index (κ3) is 4.70. The fourth-order valence-electron chi connectivity index (χ4n) is 2.50. The Kier molecular flexibility index (Phi) is 5.94. The van der Waals surface area contributed by atoms with Crippen molar-refractivity contribution in [2.24, 2.45) is 0 Å². The van der Waals surface area contributed by atoms with Gasteiger partial charge >= 0.3 is 0 Å². The molecule has 0 radical (unpaired) electrons. The molecule has 1 fully saturated rings. The lowest BCUT2D eigenvalue weighted by Crippen LogP contribution is -2.26. The molecule has 1 saturated heterocycles. The van der Waals surface area contributed by atoms with E-state index in [1.807, 2.05) is 30.5 Å². The van der Waals surface area contributed by atoms with E-state index in [1.54, 1.807) is 11.3 Å². The number of amides is 1. The predicted molar refractivity (Wildman–Crippen MR) is 97.8 cm³/mol. The third-order valence-electron chi connectivity index (χ3n) is 3.71. The van der Waals surface area contributed by atoms with Gasteiger partial charge in [-0.25, -0.2) is 4.98 Å². The smallest absolute Gasteiger partial charge is 0.236 e. The van der Waals surface area contributed by atoms with Crippen molar-refractivity contribution in [2.75, 3.05) is 24.2 Å². The lowest BCUT2D eigenvalue weighted by molar-refractivity contribution is -0.113. The number of carbonyl (C=O) groups is 1. The third-order valence-corrected chi connectivity index (χ3v) is 6.30. The molecule has 1 aromatic heterocycles. The molecule has 0 saturated carbocycles. The molecule has 122 valence electrons. The van der Waals surface area contributed by atoms with Crippen LogP contribution in [-0.4, -0.2) is 29.7 Å². The summed E-state index contributed by atoms with van der Waals surface area (Å²) in [5, 5.41) is 7.60. The summed E-state index contributed by atoms with van der Waals surface area (Å²) in [6, 6.07) is 7.54. The fourth-order valence-corrected chi connectivity index (χ4v) is 4.54. The van der Waals surface area contributed by atoms with Gasteiger partial charge in [-0.2, -0.15) is 0 Å². The van der Waals surface area contributed by atoms with Crippen molar-refractivity contribution in [1.29, 1.82) is 0 Å². The van der Waals surface area contributed by atoms with Crippen molar-refractivity contribution in [3.05, 3.63) is 40.4 Å². The van der Waals surface area contributed by atoms with E-state index in [0.29, 0.717) is 21.8 Å². The van der Waals surface area contributed by atoms with Gasteiger partial charge in [0.1, 0.15) is 0 Å². The highest BCUT2D eigenvalue weighted by atomic mass is 35.5. The predicted octanol–water partition coefficient (Wildman–Crippen LogP) is 3.99. The highest BCUT2D eigenvalue weighted by Crippen LogP contribution is 2.32. The summed E-state index contributed by atoms with van der Waals surface area (Å²) in [5.41, 5.74) is 0. The van der Waals surface area contributed by atoms with Crippen LogP contribution in [0.4, 0.5) is 5.13 Å². The van der Waals surface area contributed by atoms with Crippen LogP contribution >= 0.6 is 34.7 Å². The second-order valence-electron chi connectivity index (χ2n) is 5.36. The lowest BCUT2D eigenvalue weighted by Gasteiger charge is -2.20. The van der Waals surface area contributed by atoms with E-state index in [-0.39, 0.29) is 5.91 Å². The molecule has 2 heterocycles. The standard InChI is InChI=1S/C16H18ClN3OS2/c17-12-3-1-2-4-13(12)22-10-15(21)20-16-19-9-14(23-16)11-5-7-18-8-6-11/h1-4,9,11,18H,5-8,10H2,(H,19,20,21). The number of anilines is 1. The molecule has 23 heavy (non-hydrogen) atoms. The van der Waals surface area contributed by atoms with Crippen LogP contribution in [0.3, 0.4) is 0 Å². The molecule has 3 rings (SSSR count). The zero-order valence-corrected chi connectivity index (χ0v) is 14.9. The first-order chi connectivity index (χ1) is 11.2. The number of hydrogen-bond acceptors (Lipinski definition) is 5. The quantitative estimate of drug-likeness (QED) is 0.784. The largest absolute Gasteiger partial charge is 0.317 e. The molecule has 2 aromatic rings. The van der Waals surface area contributed by atoms with Gasteiger partial charge in [-0.3, -0.25) is 4.79 Å². The number of piperidine rings is 1. The maximum Gasteiger partial charge on any atom is 0.236 e. The van der Waals surface area contributed by atoms with Gasteiger partial charge in [0.2, 0.25) is 5.91 Å². The SMILES string of the molecule is O=C(CSc1ccccc1Cl)Nc1ncc(C2CCNCC2)s1. The Morgan fingerprint density at radius 3 is 2.96 bits per heavy atom. The Balaban J connectivity index is 1.52. The average Bonchev–Trinajstić information content (AvgIpc) is 3.03. The van der Waals surface area contributed by atoms with Crippen molar-refractivity contribution in [2.45, 2.75) is 23.7 Å². The lowest BCUT2D eigenvalue weighted by atomic mass is 9.97. The second kappa shape index (κ2) is 8.15. The second-order valence-corrected chi connectivity index (χ2v) is 7.85. The minimum Gasteiger partial charge on any atom is -0.317 e. The molecule has 1 aliphatic heterocycles. The van der Waals surface area contributed by atoms with Crippen LogP contribution in [0.15, 0.2) is 35.4 Å². The normalized spacial score (nSPS) is 15.5. The van der Waals surface area contributed by atoms with Gasteiger partial charge in [0.05, 0.1) is 10.8 Å². The van der Waals surface area contributed by atoms with Crippen LogP contribution in [0.5, 0.6) is 0 Å². The molecule has 0 spiro atoms. The summed E-state index contributed by atoms with van der Waals surface area (Å²) < 4.78 is 0. The molecule has 0 unspecified atom stereocenters. The van der Waals surface area contributed by atoms with E-state index < -0.39 is 0 Å². The van der Waals surface area contributed by atoms with E-state index in [4.69, 9.17) is 11.6 Å². The van der Waals surface area contributed by atoms with Crippen molar-refractivity contribution in [3.8, 4) is 0 Å². The number of carbonyl (C=O) groups excluding carboxylic acids is 1. The van der Waals surface area contributed by atoms with Gasteiger partial charge in [0.15, 0.2) is 5.13 Å². The molecule has 1 amide bonds.